The molecule has 0 heterocycles. The van der Waals surface area contributed by atoms with E-state index in [1.54, 1.807) is 5.32 Å². The molecule has 0 radical (unpaired) electrons. The number of nitrogens with one attached hydrogen (secondary N) is 1. The second kappa shape index (κ2) is 5.72. The highest BCUT2D eigenvalue weighted by molar-refractivity contribution is 5.95. The molecule has 3 N–H and O–H groups in total. The minimum atomic E-state index is -4.75. The molecule has 0 saturated carbocycles. The molecule has 0 saturated heterocycles. The Kier molecular flexibility index (Phi) is 4.48. The van der Waals surface area contributed by atoms with Crippen LogP contribution in [-0.4, -0.2) is 24.8 Å². The number of primary amides is 1. The first-order valence-corrected chi connectivity index (χ1v) is 4.89. The van der Waals surface area contributed by atoms with E-state index in [0.717, 1.165) is 0 Å². The van der Waals surface area contributed by atoms with Gasteiger partial charge in [0.2, 0.25) is 0 Å². The number of ether oxygens (including phenoxy) is 1. The van der Waals surface area contributed by atoms with Crippen LogP contribution in [0.25, 0.3) is 0 Å². The number of alkyl halides is 3. The molecule has 0 aliphatic carbocycles. The molecule has 0 spiro atoms. The Labute approximate surface area is 108 Å². The van der Waals surface area contributed by atoms with E-state index in [-0.39, 0.29) is 6.07 Å². The zero-order valence-corrected chi connectivity index (χ0v) is 9.55. The van der Waals surface area contributed by atoms with Gasteiger partial charge in [-0.25, -0.2) is 13.6 Å². The minimum absolute atomic E-state index is 0.249. The molecule has 20 heavy (non-hydrogen) atoms. The fourth-order valence-electron chi connectivity index (χ4n) is 1.13. The molecule has 5 nitrogen and oxygen atoms in total. The van der Waals surface area contributed by atoms with Gasteiger partial charge in [0.25, 0.3) is 5.91 Å². The standard InChI is InChI=1S/C10H7F5N2O3/c11-5-2-6(12)7(1-4(5)8(16)18)17-9(19)20-3-10(13,14)15/h1-2H,3H2,(H2,16,18)(H,17,19). The lowest BCUT2D eigenvalue weighted by atomic mass is 10.1. The van der Waals surface area contributed by atoms with E-state index in [0.29, 0.717) is 6.07 Å². The first-order chi connectivity index (χ1) is 9.10. The molecule has 0 fully saturated rings. The van der Waals surface area contributed by atoms with Gasteiger partial charge < -0.3 is 10.5 Å². The van der Waals surface area contributed by atoms with Gasteiger partial charge in [0, 0.05) is 6.07 Å². The molecule has 0 unspecified atom stereocenters. The van der Waals surface area contributed by atoms with Crippen LogP contribution in [0.1, 0.15) is 10.4 Å². The summed E-state index contributed by atoms with van der Waals surface area (Å²) in [7, 11) is 0. The van der Waals surface area contributed by atoms with Crippen molar-refractivity contribution in [2.24, 2.45) is 5.73 Å². The van der Waals surface area contributed by atoms with Gasteiger partial charge in [-0.1, -0.05) is 0 Å². The maximum absolute atomic E-state index is 13.2. The van der Waals surface area contributed by atoms with Crippen LogP contribution in [-0.2, 0) is 4.74 Å². The van der Waals surface area contributed by atoms with Crippen molar-refractivity contribution in [3.8, 4) is 0 Å². The number of hydrogen-bond donors (Lipinski definition) is 2. The topological polar surface area (TPSA) is 81.4 Å². The number of benzene rings is 1. The molecule has 0 aliphatic rings. The summed E-state index contributed by atoms with van der Waals surface area (Å²) in [6, 6.07) is 0.793. The normalized spacial score (nSPS) is 11.1. The van der Waals surface area contributed by atoms with E-state index in [2.05, 4.69) is 4.74 Å². The number of hydrogen-bond acceptors (Lipinski definition) is 3. The lowest BCUT2D eigenvalue weighted by Gasteiger charge is -2.10. The summed E-state index contributed by atoms with van der Waals surface area (Å²) in [5.74, 6) is -3.82. The molecule has 0 aliphatic heterocycles. The summed E-state index contributed by atoms with van der Waals surface area (Å²) < 4.78 is 65.4. The fourth-order valence-corrected chi connectivity index (χ4v) is 1.13. The van der Waals surface area contributed by atoms with Crippen molar-refractivity contribution in [1.29, 1.82) is 0 Å². The molecule has 10 heteroatoms. The molecule has 0 aromatic heterocycles. The number of carbonyl (C=O) groups is 2. The molecule has 0 bridgehead atoms. The van der Waals surface area contributed by atoms with Gasteiger partial charge in [0.1, 0.15) is 11.6 Å². The maximum atomic E-state index is 13.2. The summed E-state index contributed by atoms with van der Waals surface area (Å²) in [6.07, 6.45) is -6.37. The zero-order chi connectivity index (χ0) is 15.5. The Morgan fingerprint density at radius 3 is 2.30 bits per heavy atom. The van der Waals surface area contributed by atoms with Crippen LogP contribution < -0.4 is 11.1 Å². The van der Waals surface area contributed by atoms with Crippen LogP contribution in [0.4, 0.5) is 32.4 Å². The molecular formula is C10H7F5N2O3. The number of rotatable bonds is 3. The molecule has 1 aromatic rings. The van der Waals surface area contributed by atoms with Crippen molar-refractivity contribution in [1.82, 2.24) is 0 Å². The van der Waals surface area contributed by atoms with Gasteiger partial charge >= 0.3 is 12.3 Å². The second-order valence-corrected chi connectivity index (χ2v) is 3.49. The number of carbonyl (C=O) groups excluding carboxylic acids is 2. The monoisotopic (exact) mass is 298 g/mol. The summed E-state index contributed by atoms with van der Waals surface area (Å²) in [6.45, 7) is -1.88. The SMILES string of the molecule is NC(=O)c1cc(NC(=O)OCC(F)(F)F)c(F)cc1F. The molecule has 0 atom stereocenters. The van der Waals surface area contributed by atoms with Gasteiger partial charge in [-0.3, -0.25) is 10.1 Å². The lowest BCUT2D eigenvalue weighted by Crippen LogP contribution is -2.24. The summed E-state index contributed by atoms with van der Waals surface area (Å²) in [5.41, 5.74) is 3.30. The van der Waals surface area contributed by atoms with Crippen molar-refractivity contribution in [2.75, 3.05) is 11.9 Å². The van der Waals surface area contributed by atoms with Gasteiger partial charge in [0.05, 0.1) is 11.3 Å². The lowest BCUT2D eigenvalue weighted by molar-refractivity contribution is -0.159. The quantitative estimate of drug-likeness (QED) is 0.839. The molecule has 1 aromatic carbocycles. The molecule has 1 rings (SSSR count). The third-order valence-electron chi connectivity index (χ3n) is 1.93. The Morgan fingerprint density at radius 1 is 1.20 bits per heavy atom. The fraction of sp³-hybridized carbons (Fsp3) is 0.200. The van der Waals surface area contributed by atoms with Crippen LogP contribution in [0.3, 0.4) is 0 Å². The Hall–Kier alpha value is -2.39. The third-order valence-corrected chi connectivity index (χ3v) is 1.93. The number of nitrogens with two attached hydrogens (primary N) is 1. The predicted molar refractivity (Wildman–Crippen MR) is 55.9 cm³/mol. The van der Waals surface area contributed by atoms with E-state index in [1.807, 2.05) is 0 Å². The highest BCUT2D eigenvalue weighted by atomic mass is 19.4. The van der Waals surface area contributed by atoms with Crippen LogP contribution in [0.5, 0.6) is 0 Å². The summed E-state index contributed by atoms with van der Waals surface area (Å²) in [4.78, 5) is 21.8. The highest BCUT2D eigenvalue weighted by Crippen LogP contribution is 2.20. The van der Waals surface area contributed by atoms with Crippen molar-refractivity contribution in [3.63, 3.8) is 0 Å². The number of halogens is 5. The number of amides is 2. The molecular weight excluding hydrogens is 291 g/mol. The molecule has 110 valence electrons. The van der Waals surface area contributed by atoms with Crippen LogP contribution in [0.15, 0.2) is 12.1 Å². The van der Waals surface area contributed by atoms with Crippen molar-refractivity contribution < 1.29 is 36.3 Å². The summed E-state index contributed by atoms with van der Waals surface area (Å²) in [5, 5.41) is 1.59. The van der Waals surface area contributed by atoms with Crippen LogP contribution in [0, 0.1) is 11.6 Å². The van der Waals surface area contributed by atoms with Crippen LogP contribution >= 0.6 is 0 Å². The predicted octanol–water partition coefficient (Wildman–Crippen LogP) is 2.17. The zero-order valence-electron chi connectivity index (χ0n) is 9.55. The van der Waals surface area contributed by atoms with E-state index in [4.69, 9.17) is 5.73 Å². The van der Waals surface area contributed by atoms with Crippen molar-refractivity contribution in [3.05, 3.63) is 29.3 Å². The van der Waals surface area contributed by atoms with E-state index < -0.39 is 47.7 Å². The first-order valence-electron chi connectivity index (χ1n) is 4.89. The van der Waals surface area contributed by atoms with Gasteiger partial charge in [-0.15, -0.1) is 0 Å². The Bertz CT molecular complexity index is 544. The maximum Gasteiger partial charge on any atom is 0.422 e. The number of anilines is 1. The largest absolute Gasteiger partial charge is 0.440 e. The average molecular weight is 298 g/mol. The highest BCUT2D eigenvalue weighted by Gasteiger charge is 2.29. The smallest absolute Gasteiger partial charge is 0.422 e. The van der Waals surface area contributed by atoms with Gasteiger partial charge in [-0.05, 0) is 6.07 Å². The Morgan fingerprint density at radius 2 is 1.80 bits per heavy atom. The first kappa shape index (κ1) is 15.7. The van der Waals surface area contributed by atoms with E-state index >= 15 is 0 Å². The van der Waals surface area contributed by atoms with E-state index in [9.17, 15) is 31.5 Å². The van der Waals surface area contributed by atoms with Gasteiger partial charge in [-0.2, -0.15) is 13.2 Å². The van der Waals surface area contributed by atoms with Gasteiger partial charge in [0.15, 0.2) is 6.61 Å². The third kappa shape index (κ3) is 4.37. The van der Waals surface area contributed by atoms with Crippen molar-refractivity contribution in [2.45, 2.75) is 6.18 Å². The molecule has 2 amide bonds. The van der Waals surface area contributed by atoms with E-state index in [1.165, 1.54) is 0 Å². The minimum Gasteiger partial charge on any atom is -0.440 e. The average Bonchev–Trinajstić information content (AvgIpc) is 2.28. The second-order valence-electron chi connectivity index (χ2n) is 3.49. The van der Waals surface area contributed by atoms with Crippen molar-refractivity contribution >= 4 is 17.7 Å². The summed E-state index contributed by atoms with van der Waals surface area (Å²) >= 11 is 0. The van der Waals surface area contributed by atoms with Crippen LogP contribution in [0.2, 0.25) is 0 Å². The Balaban J connectivity index is 2.85.